The van der Waals surface area contributed by atoms with Crippen molar-refractivity contribution >= 4 is 11.9 Å². The van der Waals surface area contributed by atoms with E-state index in [-0.39, 0.29) is 31.1 Å². The molecule has 0 saturated carbocycles. The van der Waals surface area contributed by atoms with Gasteiger partial charge in [0.05, 0.1) is 5.56 Å². The Morgan fingerprint density at radius 3 is 2.32 bits per heavy atom. The molecule has 0 bridgehead atoms. The summed E-state index contributed by atoms with van der Waals surface area (Å²) in [6.45, 7) is 4.01. The number of carbonyl (C=O) groups is 2. The minimum atomic E-state index is -0.620. The van der Waals surface area contributed by atoms with E-state index in [1.807, 2.05) is 32.0 Å². The Kier molecular flexibility index (Phi) is 6.39. The summed E-state index contributed by atoms with van der Waals surface area (Å²) in [5.74, 6) is -0.187. The van der Waals surface area contributed by atoms with Crippen LogP contribution in [0, 0.1) is 13.8 Å². The predicted octanol–water partition coefficient (Wildman–Crippen LogP) is 2.40. The molecular formula is C19H21NO5. The van der Waals surface area contributed by atoms with E-state index in [4.69, 9.17) is 19.9 Å². The van der Waals surface area contributed by atoms with Crippen molar-refractivity contribution in [2.24, 2.45) is 5.73 Å². The van der Waals surface area contributed by atoms with Gasteiger partial charge in [-0.05, 0) is 49.2 Å². The molecule has 2 aromatic rings. The number of nitrogens with two attached hydrogens (primary N) is 1. The molecule has 0 aromatic heterocycles. The maximum atomic E-state index is 11.7. The van der Waals surface area contributed by atoms with Crippen molar-refractivity contribution in [3.63, 3.8) is 0 Å². The van der Waals surface area contributed by atoms with Gasteiger partial charge in [-0.25, -0.2) is 4.79 Å². The van der Waals surface area contributed by atoms with E-state index in [0.29, 0.717) is 0 Å². The lowest BCUT2D eigenvalue weighted by Gasteiger charge is -2.10. The first-order valence-corrected chi connectivity index (χ1v) is 7.84. The Labute approximate surface area is 146 Å². The molecular weight excluding hydrogens is 322 g/mol. The lowest BCUT2D eigenvalue weighted by molar-refractivity contribution is -0.146. The van der Waals surface area contributed by atoms with Gasteiger partial charge in [-0.2, -0.15) is 0 Å². The van der Waals surface area contributed by atoms with Crippen molar-refractivity contribution in [1.29, 1.82) is 0 Å². The minimum Gasteiger partial charge on any atom is -0.490 e. The Morgan fingerprint density at radius 1 is 0.960 bits per heavy atom. The molecule has 6 nitrogen and oxygen atoms in total. The van der Waals surface area contributed by atoms with Gasteiger partial charge < -0.3 is 19.9 Å². The molecule has 2 N–H and O–H groups in total. The summed E-state index contributed by atoms with van der Waals surface area (Å²) in [6.07, 6.45) is 0. The number of para-hydroxylation sites is 1. The molecule has 0 fully saturated rings. The Hall–Kier alpha value is -3.02. The Balaban J connectivity index is 1.73. The van der Waals surface area contributed by atoms with E-state index >= 15 is 0 Å². The molecule has 25 heavy (non-hydrogen) atoms. The van der Waals surface area contributed by atoms with Gasteiger partial charge >= 0.3 is 5.97 Å². The van der Waals surface area contributed by atoms with Crippen molar-refractivity contribution in [3.05, 3.63) is 59.2 Å². The first kappa shape index (κ1) is 18.3. The smallest absolute Gasteiger partial charge is 0.344 e. The first-order valence-electron chi connectivity index (χ1n) is 7.84. The van der Waals surface area contributed by atoms with E-state index in [2.05, 4.69) is 0 Å². The van der Waals surface area contributed by atoms with Crippen molar-refractivity contribution in [2.75, 3.05) is 19.8 Å². The van der Waals surface area contributed by atoms with E-state index < -0.39 is 11.9 Å². The zero-order chi connectivity index (χ0) is 18.2. The van der Waals surface area contributed by atoms with Gasteiger partial charge in [0.2, 0.25) is 0 Å². The molecule has 0 unspecified atom stereocenters. The zero-order valence-corrected chi connectivity index (χ0v) is 14.3. The highest BCUT2D eigenvalue weighted by Gasteiger charge is 2.11. The lowest BCUT2D eigenvalue weighted by Crippen LogP contribution is -2.20. The highest BCUT2D eigenvalue weighted by molar-refractivity contribution is 5.95. The van der Waals surface area contributed by atoms with Crippen LogP contribution < -0.4 is 15.2 Å². The summed E-state index contributed by atoms with van der Waals surface area (Å²) >= 11 is 0. The monoisotopic (exact) mass is 343 g/mol. The first-order chi connectivity index (χ1) is 12.0. The summed E-state index contributed by atoms with van der Waals surface area (Å²) in [5, 5.41) is 0. The topological polar surface area (TPSA) is 87.8 Å². The van der Waals surface area contributed by atoms with Gasteiger partial charge in [-0.15, -0.1) is 0 Å². The highest BCUT2D eigenvalue weighted by atomic mass is 16.6. The maximum absolute atomic E-state index is 11.7. The van der Waals surface area contributed by atoms with E-state index in [9.17, 15) is 9.59 Å². The molecule has 0 spiro atoms. The van der Waals surface area contributed by atoms with Crippen LogP contribution in [0.1, 0.15) is 21.5 Å². The molecule has 0 saturated heterocycles. The molecule has 0 aliphatic rings. The molecule has 2 aromatic carbocycles. The van der Waals surface area contributed by atoms with E-state index in [0.717, 1.165) is 16.9 Å². The molecule has 0 aliphatic heterocycles. The van der Waals surface area contributed by atoms with Crippen molar-refractivity contribution in [1.82, 2.24) is 0 Å². The van der Waals surface area contributed by atoms with E-state index in [1.165, 1.54) is 6.07 Å². The van der Waals surface area contributed by atoms with Gasteiger partial charge in [-0.1, -0.05) is 18.2 Å². The standard InChI is InChI=1S/C19H21NO5/c1-13-9-14(2)11-15(10-13)23-7-8-24-18(21)12-25-17-6-4-3-5-16(17)19(20)22/h3-6,9-11H,7-8,12H2,1-2H3,(H2,20,22). The SMILES string of the molecule is Cc1cc(C)cc(OCCOC(=O)COc2ccccc2C(N)=O)c1. The molecule has 0 heterocycles. The normalized spacial score (nSPS) is 10.2. The average molecular weight is 343 g/mol. The molecule has 1 amide bonds. The average Bonchev–Trinajstić information content (AvgIpc) is 2.56. The van der Waals surface area contributed by atoms with Crippen molar-refractivity contribution in [2.45, 2.75) is 13.8 Å². The van der Waals surface area contributed by atoms with Crippen molar-refractivity contribution in [3.8, 4) is 11.5 Å². The summed E-state index contributed by atoms with van der Waals surface area (Å²) < 4.78 is 15.9. The second-order valence-corrected chi connectivity index (χ2v) is 5.54. The van der Waals surface area contributed by atoms with Crippen LogP contribution >= 0.6 is 0 Å². The lowest BCUT2D eigenvalue weighted by atomic mass is 10.1. The minimum absolute atomic E-state index is 0.104. The van der Waals surface area contributed by atoms with Crippen LogP contribution in [0.2, 0.25) is 0 Å². The molecule has 2 rings (SSSR count). The van der Waals surface area contributed by atoms with Gasteiger partial charge in [0.1, 0.15) is 24.7 Å². The predicted molar refractivity (Wildman–Crippen MR) is 92.8 cm³/mol. The fourth-order valence-corrected chi connectivity index (χ4v) is 2.31. The number of ether oxygens (including phenoxy) is 3. The largest absolute Gasteiger partial charge is 0.490 e. The number of primary amides is 1. The number of rotatable bonds is 8. The molecule has 0 radical (unpaired) electrons. The van der Waals surface area contributed by atoms with Gasteiger partial charge in [0.25, 0.3) is 5.91 Å². The van der Waals surface area contributed by atoms with Crippen molar-refractivity contribution < 1.29 is 23.8 Å². The number of aryl methyl sites for hydroxylation is 2. The molecule has 0 aliphatic carbocycles. The fourth-order valence-electron chi connectivity index (χ4n) is 2.31. The van der Waals surface area contributed by atoms with Crippen LogP contribution in [0.15, 0.2) is 42.5 Å². The molecule has 6 heteroatoms. The summed E-state index contributed by atoms with van der Waals surface area (Å²) in [5.41, 5.74) is 7.67. The number of esters is 1. The quantitative estimate of drug-likeness (QED) is 0.587. The third-order valence-electron chi connectivity index (χ3n) is 3.31. The number of hydrogen-bond donors (Lipinski definition) is 1. The third-order valence-corrected chi connectivity index (χ3v) is 3.31. The zero-order valence-electron chi connectivity index (χ0n) is 14.3. The van der Waals surface area contributed by atoms with E-state index in [1.54, 1.807) is 18.2 Å². The van der Waals surface area contributed by atoms with Crippen LogP contribution in [0.3, 0.4) is 0 Å². The number of carbonyl (C=O) groups excluding carboxylic acids is 2. The Morgan fingerprint density at radius 2 is 1.64 bits per heavy atom. The van der Waals surface area contributed by atoms with Crippen LogP contribution in [0.5, 0.6) is 11.5 Å². The van der Waals surface area contributed by atoms with Crippen LogP contribution in [-0.4, -0.2) is 31.7 Å². The third kappa shape index (κ3) is 5.84. The summed E-state index contributed by atoms with van der Waals surface area (Å²) in [6, 6.07) is 12.3. The highest BCUT2D eigenvalue weighted by Crippen LogP contribution is 2.17. The van der Waals surface area contributed by atoms with Gasteiger partial charge in [0.15, 0.2) is 6.61 Å². The molecule has 0 atom stereocenters. The molecule has 132 valence electrons. The number of amides is 1. The summed E-state index contributed by atoms with van der Waals surface area (Å²) in [7, 11) is 0. The van der Waals surface area contributed by atoms with Crippen LogP contribution in [0.25, 0.3) is 0 Å². The number of hydrogen-bond acceptors (Lipinski definition) is 5. The van der Waals surface area contributed by atoms with Crippen LogP contribution in [0.4, 0.5) is 0 Å². The number of benzene rings is 2. The van der Waals surface area contributed by atoms with Gasteiger partial charge in [-0.3, -0.25) is 4.79 Å². The fraction of sp³-hybridized carbons (Fsp3) is 0.263. The van der Waals surface area contributed by atoms with Crippen LogP contribution in [-0.2, 0) is 9.53 Å². The summed E-state index contributed by atoms with van der Waals surface area (Å²) in [4.78, 5) is 23.0. The second kappa shape index (κ2) is 8.73. The Bertz CT molecular complexity index is 737. The maximum Gasteiger partial charge on any atom is 0.344 e. The van der Waals surface area contributed by atoms with Gasteiger partial charge in [0, 0.05) is 0 Å². The second-order valence-electron chi connectivity index (χ2n) is 5.54.